The van der Waals surface area contributed by atoms with Crippen molar-refractivity contribution in [1.29, 1.82) is 0 Å². The second-order valence-electron chi connectivity index (χ2n) is 5.01. The van der Waals surface area contributed by atoms with Gasteiger partial charge < -0.3 is 10.2 Å². The molecule has 4 nitrogen and oxygen atoms in total. The van der Waals surface area contributed by atoms with Gasteiger partial charge in [0.15, 0.2) is 5.58 Å². The summed E-state index contributed by atoms with van der Waals surface area (Å²) in [6.07, 6.45) is 2.06. The molecule has 1 heterocycles. The molecule has 2 N–H and O–H groups in total. The largest absolute Gasteiger partial charge is 0.419 e. The van der Waals surface area contributed by atoms with Gasteiger partial charge in [-0.25, -0.2) is 4.79 Å². The number of benzene rings is 1. The lowest BCUT2D eigenvalue weighted by Crippen LogP contribution is -2.13. The Balaban J connectivity index is 2.32. The highest BCUT2D eigenvalue weighted by Crippen LogP contribution is 2.23. The van der Waals surface area contributed by atoms with Crippen molar-refractivity contribution in [3.8, 4) is 0 Å². The van der Waals surface area contributed by atoms with Gasteiger partial charge in [0.2, 0.25) is 0 Å². The lowest BCUT2D eigenvalue weighted by molar-refractivity contribution is 0.461. The number of oxazole rings is 1. The van der Waals surface area contributed by atoms with Crippen LogP contribution in [0.1, 0.15) is 38.3 Å². The number of hydrogen-bond donors (Lipinski definition) is 1. The van der Waals surface area contributed by atoms with Crippen LogP contribution in [0, 0.1) is 5.92 Å². The number of hydrogen-bond acceptors (Lipinski definition) is 3. The standard InChI is InChI=1S/C14H20N2O2/c1-4-9(2)7-11(15)10-5-6-12-13(8-10)18-14(17)16(12)3/h5-6,8-9,11H,4,7,15H2,1-3H3. The van der Waals surface area contributed by atoms with Gasteiger partial charge in [0.1, 0.15) is 0 Å². The van der Waals surface area contributed by atoms with E-state index in [9.17, 15) is 4.79 Å². The minimum absolute atomic E-state index is 0.00476. The van der Waals surface area contributed by atoms with Crippen LogP contribution in [0.15, 0.2) is 27.4 Å². The van der Waals surface area contributed by atoms with E-state index >= 15 is 0 Å². The Morgan fingerprint density at radius 1 is 1.44 bits per heavy atom. The van der Waals surface area contributed by atoms with Crippen LogP contribution < -0.4 is 11.5 Å². The molecule has 2 atom stereocenters. The lowest BCUT2D eigenvalue weighted by atomic mass is 9.95. The molecule has 0 fully saturated rings. The van der Waals surface area contributed by atoms with Crippen molar-refractivity contribution >= 4 is 11.1 Å². The summed E-state index contributed by atoms with van der Waals surface area (Å²) in [6, 6.07) is 5.75. The number of rotatable bonds is 4. The maximum Gasteiger partial charge on any atom is 0.419 e. The quantitative estimate of drug-likeness (QED) is 0.904. The molecule has 0 saturated carbocycles. The molecule has 98 valence electrons. The molecule has 1 aromatic carbocycles. The zero-order chi connectivity index (χ0) is 13.3. The van der Waals surface area contributed by atoms with Crippen molar-refractivity contribution in [2.75, 3.05) is 0 Å². The first kappa shape index (κ1) is 12.9. The molecule has 1 aromatic heterocycles. The molecule has 0 radical (unpaired) electrons. The fourth-order valence-corrected chi connectivity index (χ4v) is 2.12. The van der Waals surface area contributed by atoms with Crippen LogP contribution in [0.25, 0.3) is 11.1 Å². The molecule has 0 amide bonds. The van der Waals surface area contributed by atoms with Crippen LogP contribution in [0.3, 0.4) is 0 Å². The van der Waals surface area contributed by atoms with Crippen molar-refractivity contribution in [2.45, 2.75) is 32.7 Å². The smallest absolute Gasteiger partial charge is 0.408 e. The van der Waals surface area contributed by atoms with Gasteiger partial charge in [-0.1, -0.05) is 26.3 Å². The second-order valence-corrected chi connectivity index (χ2v) is 5.01. The SMILES string of the molecule is CCC(C)CC(N)c1ccc2c(c1)oc(=O)n2C. The van der Waals surface area contributed by atoms with Crippen LogP contribution >= 0.6 is 0 Å². The summed E-state index contributed by atoms with van der Waals surface area (Å²) in [5, 5.41) is 0. The van der Waals surface area contributed by atoms with Gasteiger partial charge in [0.25, 0.3) is 0 Å². The molecule has 18 heavy (non-hydrogen) atoms. The zero-order valence-electron chi connectivity index (χ0n) is 11.1. The van der Waals surface area contributed by atoms with Crippen molar-refractivity contribution < 1.29 is 4.42 Å². The third-order valence-corrected chi connectivity index (χ3v) is 3.60. The summed E-state index contributed by atoms with van der Waals surface area (Å²) in [6.45, 7) is 4.36. The van der Waals surface area contributed by atoms with E-state index in [1.807, 2.05) is 18.2 Å². The van der Waals surface area contributed by atoms with Gasteiger partial charge in [0.05, 0.1) is 5.52 Å². The fourth-order valence-electron chi connectivity index (χ4n) is 2.12. The highest BCUT2D eigenvalue weighted by molar-refractivity contribution is 5.73. The summed E-state index contributed by atoms with van der Waals surface area (Å²) in [4.78, 5) is 11.4. The van der Waals surface area contributed by atoms with Crippen LogP contribution in [-0.2, 0) is 7.05 Å². The average Bonchev–Trinajstić information content (AvgIpc) is 2.64. The van der Waals surface area contributed by atoms with Gasteiger partial charge in [-0.3, -0.25) is 4.57 Å². The Labute approximate surface area is 106 Å². The Hall–Kier alpha value is -1.55. The highest BCUT2D eigenvalue weighted by atomic mass is 16.4. The predicted octanol–water partition coefficient (Wildman–Crippen LogP) is 2.57. The van der Waals surface area contributed by atoms with E-state index < -0.39 is 0 Å². The predicted molar refractivity (Wildman–Crippen MR) is 72.5 cm³/mol. The summed E-state index contributed by atoms with van der Waals surface area (Å²) in [7, 11) is 1.70. The van der Waals surface area contributed by atoms with Crippen LogP contribution in [0.4, 0.5) is 0 Å². The van der Waals surface area contributed by atoms with Crippen LogP contribution in [-0.4, -0.2) is 4.57 Å². The molecule has 4 heteroatoms. The molecule has 0 saturated heterocycles. The van der Waals surface area contributed by atoms with E-state index in [4.69, 9.17) is 10.2 Å². The topological polar surface area (TPSA) is 61.2 Å². The van der Waals surface area contributed by atoms with Gasteiger partial charge in [-0.2, -0.15) is 0 Å². The first-order valence-corrected chi connectivity index (χ1v) is 6.38. The number of nitrogens with zero attached hydrogens (tertiary/aromatic N) is 1. The van der Waals surface area contributed by atoms with Crippen LogP contribution in [0.2, 0.25) is 0 Å². The number of fused-ring (bicyclic) bond motifs is 1. The minimum atomic E-state index is -0.336. The maximum absolute atomic E-state index is 11.4. The molecule has 0 bridgehead atoms. The number of aryl methyl sites for hydroxylation is 1. The molecule has 0 spiro atoms. The van der Waals surface area contributed by atoms with E-state index in [2.05, 4.69) is 13.8 Å². The molecular weight excluding hydrogens is 228 g/mol. The number of nitrogens with two attached hydrogens (primary N) is 1. The summed E-state index contributed by atoms with van der Waals surface area (Å²) < 4.78 is 6.67. The minimum Gasteiger partial charge on any atom is -0.408 e. The van der Waals surface area contributed by atoms with Gasteiger partial charge in [-0.15, -0.1) is 0 Å². The molecular formula is C14H20N2O2. The van der Waals surface area contributed by atoms with E-state index in [0.29, 0.717) is 11.5 Å². The first-order chi connectivity index (χ1) is 8.52. The summed E-state index contributed by atoms with van der Waals surface area (Å²) in [5.41, 5.74) is 8.62. The van der Waals surface area contributed by atoms with E-state index in [0.717, 1.165) is 23.9 Å². The average molecular weight is 248 g/mol. The molecule has 2 unspecified atom stereocenters. The van der Waals surface area contributed by atoms with Crippen molar-refractivity contribution in [3.63, 3.8) is 0 Å². The molecule has 0 aliphatic heterocycles. The number of aromatic nitrogens is 1. The zero-order valence-corrected chi connectivity index (χ0v) is 11.1. The third-order valence-electron chi connectivity index (χ3n) is 3.60. The Kier molecular flexibility index (Phi) is 3.57. The van der Waals surface area contributed by atoms with Gasteiger partial charge >= 0.3 is 5.76 Å². The van der Waals surface area contributed by atoms with Crippen molar-refractivity contribution in [3.05, 3.63) is 34.3 Å². The first-order valence-electron chi connectivity index (χ1n) is 6.38. The molecule has 2 aromatic rings. The van der Waals surface area contributed by atoms with Crippen LogP contribution in [0.5, 0.6) is 0 Å². The van der Waals surface area contributed by atoms with Crippen molar-refractivity contribution in [1.82, 2.24) is 4.57 Å². The normalized spacial score (nSPS) is 14.9. The third kappa shape index (κ3) is 2.34. The monoisotopic (exact) mass is 248 g/mol. The molecule has 0 aliphatic rings. The van der Waals surface area contributed by atoms with Crippen molar-refractivity contribution in [2.24, 2.45) is 18.7 Å². The summed E-state index contributed by atoms with van der Waals surface area (Å²) >= 11 is 0. The second kappa shape index (κ2) is 4.98. The molecule has 2 rings (SSSR count). The molecule has 0 aliphatic carbocycles. The van der Waals surface area contributed by atoms with E-state index in [1.54, 1.807) is 7.05 Å². The Bertz CT molecular complexity index is 597. The fraction of sp³-hybridized carbons (Fsp3) is 0.500. The maximum atomic E-state index is 11.4. The van der Waals surface area contributed by atoms with Gasteiger partial charge in [-0.05, 0) is 30.0 Å². The lowest BCUT2D eigenvalue weighted by Gasteiger charge is -2.16. The highest BCUT2D eigenvalue weighted by Gasteiger charge is 2.13. The van der Waals surface area contributed by atoms with Gasteiger partial charge in [0, 0.05) is 13.1 Å². The van der Waals surface area contributed by atoms with E-state index in [1.165, 1.54) is 4.57 Å². The van der Waals surface area contributed by atoms with E-state index in [-0.39, 0.29) is 11.8 Å². The Morgan fingerprint density at radius 3 is 2.83 bits per heavy atom. The summed E-state index contributed by atoms with van der Waals surface area (Å²) in [5.74, 6) is 0.260. The Morgan fingerprint density at radius 2 is 2.17 bits per heavy atom.